The van der Waals surface area contributed by atoms with E-state index < -0.39 is 0 Å². The van der Waals surface area contributed by atoms with Gasteiger partial charge in [0.05, 0.1) is 5.25 Å². The quantitative estimate of drug-likeness (QED) is 0.784. The number of thioether (sulfide) groups is 1. The first-order valence-electron chi connectivity index (χ1n) is 8.25. The molecule has 0 fully saturated rings. The molecule has 0 aliphatic carbocycles. The topological polar surface area (TPSA) is 59.8 Å². The standard InChI is InChI=1S/C19H18N4OS/c1-13-21-22-19(23(13)15-8-3-2-4-9-15)25-17-12-11-14-7-5-6-10-16(14)20-18(17)24/h2-10,17H,11-12H2,1H3,(H,20,24). The summed E-state index contributed by atoms with van der Waals surface area (Å²) in [6.45, 7) is 1.92. The molecule has 1 amide bonds. The van der Waals surface area contributed by atoms with Crippen LogP contribution in [0.4, 0.5) is 5.69 Å². The number of nitrogens with zero attached hydrogens (tertiary/aromatic N) is 3. The molecule has 1 unspecified atom stereocenters. The molecular weight excluding hydrogens is 332 g/mol. The fraction of sp³-hybridized carbons (Fsp3) is 0.211. The molecule has 0 saturated carbocycles. The van der Waals surface area contributed by atoms with Gasteiger partial charge in [-0.25, -0.2) is 0 Å². The maximum atomic E-state index is 12.6. The summed E-state index contributed by atoms with van der Waals surface area (Å²) in [5.41, 5.74) is 3.10. The second kappa shape index (κ2) is 6.72. The minimum Gasteiger partial charge on any atom is -0.325 e. The van der Waals surface area contributed by atoms with E-state index in [-0.39, 0.29) is 11.2 Å². The second-order valence-corrected chi connectivity index (χ2v) is 7.16. The molecule has 1 aromatic heterocycles. The highest BCUT2D eigenvalue weighted by atomic mass is 32.2. The van der Waals surface area contributed by atoms with E-state index in [4.69, 9.17) is 0 Å². The molecule has 4 rings (SSSR count). The minimum atomic E-state index is -0.196. The number of hydrogen-bond donors (Lipinski definition) is 1. The lowest BCUT2D eigenvalue weighted by atomic mass is 10.1. The number of rotatable bonds is 3. The van der Waals surface area contributed by atoms with Crippen molar-refractivity contribution < 1.29 is 4.79 Å². The monoisotopic (exact) mass is 350 g/mol. The summed E-state index contributed by atoms with van der Waals surface area (Å²) in [6, 6.07) is 18.0. The zero-order chi connectivity index (χ0) is 17.2. The highest BCUT2D eigenvalue weighted by molar-refractivity contribution is 8.00. The van der Waals surface area contributed by atoms with Crippen LogP contribution in [0.25, 0.3) is 5.69 Å². The Morgan fingerprint density at radius 1 is 1.08 bits per heavy atom. The first-order valence-corrected chi connectivity index (χ1v) is 9.13. The minimum absolute atomic E-state index is 0.0233. The third kappa shape index (κ3) is 3.17. The number of anilines is 1. The van der Waals surface area contributed by atoms with E-state index in [0.717, 1.165) is 35.2 Å². The van der Waals surface area contributed by atoms with Crippen LogP contribution in [0.2, 0.25) is 0 Å². The van der Waals surface area contributed by atoms with Gasteiger partial charge in [0.2, 0.25) is 5.91 Å². The van der Waals surface area contributed by atoms with E-state index in [0.29, 0.717) is 0 Å². The Morgan fingerprint density at radius 3 is 2.68 bits per heavy atom. The molecule has 5 nitrogen and oxygen atoms in total. The number of carbonyl (C=O) groups is 1. The van der Waals surface area contributed by atoms with Crippen molar-refractivity contribution >= 4 is 23.4 Å². The molecule has 0 saturated heterocycles. The highest BCUT2D eigenvalue weighted by Crippen LogP contribution is 2.32. The van der Waals surface area contributed by atoms with Gasteiger partial charge in [0.25, 0.3) is 0 Å². The van der Waals surface area contributed by atoms with Crippen molar-refractivity contribution in [1.29, 1.82) is 0 Å². The third-order valence-corrected chi connectivity index (χ3v) is 5.51. The molecule has 1 atom stereocenters. The summed E-state index contributed by atoms with van der Waals surface area (Å²) in [5, 5.41) is 12.1. The Hall–Kier alpha value is -2.60. The van der Waals surface area contributed by atoms with Gasteiger partial charge in [-0.15, -0.1) is 10.2 Å². The maximum absolute atomic E-state index is 12.6. The van der Waals surface area contributed by atoms with Gasteiger partial charge in [0.1, 0.15) is 5.82 Å². The molecule has 126 valence electrons. The zero-order valence-electron chi connectivity index (χ0n) is 13.8. The lowest BCUT2D eigenvalue weighted by Gasteiger charge is -2.14. The SMILES string of the molecule is Cc1nnc(SC2CCc3ccccc3NC2=O)n1-c1ccccc1. The Labute approximate surface area is 150 Å². The van der Waals surface area contributed by atoms with Gasteiger partial charge in [-0.2, -0.15) is 0 Å². The van der Waals surface area contributed by atoms with Crippen molar-refractivity contribution in [3.05, 3.63) is 66.0 Å². The first-order chi connectivity index (χ1) is 12.2. The summed E-state index contributed by atoms with van der Waals surface area (Å²) < 4.78 is 2.00. The largest absolute Gasteiger partial charge is 0.325 e. The number of nitrogens with one attached hydrogen (secondary N) is 1. The van der Waals surface area contributed by atoms with Crippen LogP contribution in [0.1, 0.15) is 17.8 Å². The Kier molecular flexibility index (Phi) is 4.28. The molecule has 0 radical (unpaired) electrons. The van der Waals surface area contributed by atoms with Crippen LogP contribution in [-0.4, -0.2) is 25.9 Å². The number of amides is 1. The van der Waals surface area contributed by atoms with Gasteiger partial charge >= 0.3 is 0 Å². The van der Waals surface area contributed by atoms with Crippen molar-refractivity contribution in [3.8, 4) is 5.69 Å². The van der Waals surface area contributed by atoms with Crippen LogP contribution in [0.3, 0.4) is 0 Å². The third-order valence-electron chi connectivity index (χ3n) is 4.30. The Balaban J connectivity index is 1.61. The molecule has 3 aromatic rings. The molecule has 2 aromatic carbocycles. The van der Waals surface area contributed by atoms with Gasteiger partial charge < -0.3 is 5.32 Å². The molecule has 6 heteroatoms. The first kappa shape index (κ1) is 15.9. The number of carbonyl (C=O) groups excluding carboxylic acids is 1. The lowest BCUT2D eigenvalue weighted by Crippen LogP contribution is -2.24. The van der Waals surface area contributed by atoms with Crippen LogP contribution < -0.4 is 5.32 Å². The van der Waals surface area contributed by atoms with Gasteiger partial charge in [-0.1, -0.05) is 48.2 Å². The van der Waals surface area contributed by atoms with Gasteiger partial charge in [-0.3, -0.25) is 9.36 Å². The number of aryl methyl sites for hydroxylation is 2. The fourth-order valence-electron chi connectivity index (χ4n) is 3.02. The van der Waals surface area contributed by atoms with Gasteiger partial charge in [0.15, 0.2) is 5.16 Å². The van der Waals surface area contributed by atoms with Crippen molar-refractivity contribution in [2.24, 2.45) is 0 Å². The molecule has 2 heterocycles. The van der Waals surface area contributed by atoms with E-state index in [1.807, 2.05) is 60.0 Å². The summed E-state index contributed by atoms with van der Waals surface area (Å²) >= 11 is 1.48. The number of fused-ring (bicyclic) bond motifs is 1. The lowest BCUT2D eigenvalue weighted by molar-refractivity contribution is -0.115. The van der Waals surface area contributed by atoms with Crippen LogP contribution in [0.15, 0.2) is 59.8 Å². The van der Waals surface area contributed by atoms with Gasteiger partial charge in [0, 0.05) is 11.4 Å². The van der Waals surface area contributed by atoms with E-state index >= 15 is 0 Å². The average Bonchev–Trinajstić information content (AvgIpc) is 2.92. The van der Waals surface area contributed by atoms with Crippen LogP contribution in [0, 0.1) is 6.92 Å². The smallest absolute Gasteiger partial charge is 0.237 e. The summed E-state index contributed by atoms with van der Waals surface area (Å²) in [6.07, 6.45) is 1.64. The molecule has 1 N–H and O–H groups in total. The number of hydrogen-bond acceptors (Lipinski definition) is 4. The Morgan fingerprint density at radius 2 is 1.84 bits per heavy atom. The van der Waals surface area contributed by atoms with Crippen LogP contribution >= 0.6 is 11.8 Å². The number of aromatic nitrogens is 3. The number of benzene rings is 2. The molecule has 25 heavy (non-hydrogen) atoms. The summed E-state index contributed by atoms with van der Waals surface area (Å²) in [5.74, 6) is 0.834. The predicted octanol–water partition coefficient (Wildman–Crippen LogP) is 3.62. The maximum Gasteiger partial charge on any atom is 0.237 e. The van der Waals surface area contributed by atoms with Crippen LogP contribution in [-0.2, 0) is 11.2 Å². The van der Waals surface area contributed by atoms with Crippen molar-refractivity contribution in [2.75, 3.05) is 5.32 Å². The van der Waals surface area contributed by atoms with Crippen molar-refractivity contribution in [2.45, 2.75) is 30.2 Å². The summed E-state index contributed by atoms with van der Waals surface area (Å²) in [4.78, 5) is 12.6. The molecule has 1 aliphatic heterocycles. The Bertz CT molecular complexity index is 907. The predicted molar refractivity (Wildman–Crippen MR) is 99.1 cm³/mol. The molecular formula is C19H18N4OS. The normalized spacial score (nSPS) is 16.8. The fourth-order valence-corrected chi connectivity index (χ4v) is 4.11. The molecule has 1 aliphatic rings. The van der Waals surface area contributed by atoms with E-state index in [1.54, 1.807) is 0 Å². The average molecular weight is 350 g/mol. The molecule has 0 spiro atoms. The highest BCUT2D eigenvalue weighted by Gasteiger charge is 2.27. The molecule has 0 bridgehead atoms. The zero-order valence-corrected chi connectivity index (χ0v) is 14.7. The van der Waals surface area contributed by atoms with Crippen molar-refractivity contribution in [3.63, 3.8) is 0 Å². The van der Waals surface area contributed by atoms with E-state index in [9.17, 15) is 4.79 Å². The second-order valence-electron chi connectivity index (χ2n) is 5.99. The number of para-hydroxylation sites is 2. The van der Waals surface area contributed by atoms with Crippen molar-refractivity contribution in [1.82, 2.24) is 14.8 Å². The van der Waals surface area contributed by atoms with Crippen LogP contribution in [0.5, 0.6) is 0 Å². The van der Waals surface area contributed by atoms with Gasteiger partial charge in [-0.05, 0) is 43.5 Å². The van der Waals surface area contributed by atoms with E-state index in [1.165, 1.54) is 17.3 Å². The van der Waals surface area contributed by atoms with E-state index in [2.05, 4.69) is 21.6 Å². The summed E-state index contributed by atoms with van der Waals surface area (Å²) in [7, 11) is 0.